The minimum absolute atomic E-state index is 0.00555. The number of benzene rings is 2. The van der Waals surface area contributed by atoms with Gasteiger partial charge in [0.15, 0.2) is 0 Å². The standard InChI is InChI=1S/C21H19ClN4O4S2/c22-19-15-7-1-2-8-16(15)31-20(19)21(28)24-12-18(27)25-13-5-3-6-14(11-13)32(29,30)26-17-9-4-10-23-17/h1-3,5-8,11H,4,9-10,12H2,(H,23,26)(H,24,28)(H,25,27). The molecule has 0 radical (unpaired) electrons. The summed E-state index contributed by atoms with van der Waals surface area (Å²) < 4.78 is 28.4. The summed E-state index contributed by atoms with van der Waals surface area (Å²) in [4.78, 5) is 29.2. The highest BCUT2D eigenvalue weighted by molar-refractivity contribution is 7.90. The first-order valence-electron chi connectivity index (χ1n) is 9.75. The number of anilines is 1. The molecule has 0 saturated heterocycles. The van der Waals surface area contributed by atoms with Crippen LogP contribution >= 0.6 is 22.9 Å². The third-order valence-corrected chi connectivity index (χ3v) is 7.76. The summed E-state index contributed by atoms with van der Waals surface area (Å²) in [7, 11) is -3.80. The van der Waals surface area contributed by atoms with Crippen LogP contribution in [0.2, 0.25) is 5.02 Å². The summed E-state index contributed by atoms with van der Waals surface area (Å²) in [6.07, 6.45) is 1.39. The van der Waals surface area contributed by atoms with E-state index in [0.29, 0.717) is 34.4 Å². The number of amides is 2. The molecule has 11 heteroatoms. The predicted molar refractivity (Wildman–Crippen MR) is 126 cm³/mol. The van der Waals surface area contributed by atoms with Crippen molar-refractivity contribution in [1.82, 2.24) is 10.0 Å². The number of carbonyl (C=O) groups is 2. The molecule has 4 rings (SSSR count). The molecule has 32 heavy (non-hydrogen) atoms. The van der Waals surface area contributed by atoms with Crippen LogP contribution in [0.5, 0.6) is 0 Å². The number of rotatable bonds is 6. The van der Waals surface area contributed by atoms with Crippen LogP contribution < -0.4 is 15.4 Å². The maximum Gasteiger partial charge on any atom is 0.263 e. The number of carbonyl (C=O) groups excluding carboxylic acids is 2. The van der Waals surface area contributed by atoms with E-state index in [9.17, 15) is 18.0 Å². The Morgan fingerprint density at radius 3 is 2.69 bits per heavy atom. The van der Waals surface area contributed by atoms with Gasteiger partial charge in [-0.1, -0.05) is 35.9 Å². The maximum atomic E-state index is 12.5. The number of hydrogen-bond acceptors (Lipinski definition) is 6. The third-order valence-electron chi connectivity index (χ3n) is 4.71. The molecule has 0 unspecified atom stereocenters. The van der Waals surface area contributed by atoms with Crippen molar-refractivity contribution in [2.75, 3.05) is 18.4 Å². The van der Waals surface area contributed by atoms with Crippen LogP contribution in [0.15, 0.2) is 58.4 Å². The van der Waals surface area contributed by atoms with Gasteiger partial charge in [-0.2, -0.15) is 0 Å². The van der Waals surface area contributed by atoms with E-state index in [-0.39, 0.29) is 11.4 Å². The van der Waals surface area contributed by atoms with E-state index in [1.165, 1.54) is 29.5 Å². The SMILES string of the molecule is O=C(CNC(=O)c1sc2ccccc2c1Cl)Nc1cccc(S(=O)(=O)NC2=NCCC2)c1. The van der Waals surface area contributed by atoms with Gasteiger partial charge in [-0.25, -0.2) is 8.42 Å². The normalized spacial score (nSPS) is 13.6. The van der Waals surface area contributed by atoms with Crippen molar-refractivity contribution in [3.05, 3.63) is 58.4 Å². The Morgan fingerprint density at radius 1 is 1.12 bits per heavy atom. The highest BCUT2D eigenvalue weighted by Crippen LogP contribution is 2.34. The molecule has 166 valence electrons. The van der Waals surface area contributed by atoms with Crippen LogP contribution in [0.4, 0.5) is 5.69 Å². The smallest absolute Gasteiger partial charge is 0.263 e. The molecule has 0 bridgehead atoms. The van der Waals surface area contributed by atoms with Crippen molar-refractivity contribution >= 4 is 66.4 Å². The van der Waals surface area contributed by atoms with E-state index >= 15 is 0 Å². The number of thiophene rings is 1. The van der Waals surface area contributed by atoms with Crippen LogP contribution in [0.3, 0.4) is 0 Å². The minimum Gasteiger partial charge on any atom is -0.342 e. The first kappa shape index (κ1) is 22.3. The number of fused-ring (bicyclic) bond motifs is 1. The summed E-state index contributed by atoms with van der Waals surface area (Å²) in [6, 6.07) is 13.2. The fourth-order valence-electron chi connectivity index (χ4n) is 3.18. The van der Waals surface area contributed by atoms with Gasteiger partial charge in [0.25, 0.3) is 15.9 Å². The lowest BCUT2D eigenvalue weighted by Gasteiger charge is -2.10. The fourth-order valence-corrected chi connectivity index (χ4v) is 5.75. The average Bonchev–Trinajstić information content (AvgIpc) is 3.40. The Hall–Kier alpha value is -2.95. The third kappa shape index (κ3) is 4.93. The van der Waals surface area contributed by atoms with Gasteiger partial charge in [0.1, 0.15) is 10.7 Å². The Balaban J connectivity index is 1.38. The second-order valence-electron chi connectivity index (χ2n) is 7.04. The van der Waals surface area contributed by atoms with Gasteiger partial charge in [0.05, 0.1) is 16.5 Å². The molecule has 2 amide bonds. The first-order valence-corrected chi connectivity index (χ1v) is 12.4. The Bertz CT molecular complexity index is 1330. The van der Waals surface area contributed by atoms with Gasteiger partial charge in [0, 0.05) is 28.7 Å². The molecule has 3 N–H and O–H groups in total. The molecule has 0 fully saturated rings. The zero-order chi connectivity index (χ0) is 22.7. The van der Waals surface area contributed by atoms with Crippen molar-refractivity contribution < 1.29 is 18.0 Å². The van der Waals surface area contributed by atoms with Crippen molar-refractivity contribution in [3.63, 3.8) is 0 Å². The van der Waals surface area contributed by atoms with E-state index in [2.05, 4.69) is 20.3 Å². The van der Waals surface area contributed by atoms with Crippen LogP contribution in [-0.4, -0.2) is 39.2 Å². The maximum absolute atomic E-state index is 12.5. The summed E-state index contributed by atoms with van der Waals surface area (Å²) >= 11 is 7.54. The van der Waals surface area contributed by atoms with Crippen LogP contribution in [0.25, 0.3) is 10.1 Å². The molecule has 8 nitrogen and oxygen atoms in total. The van der Waals surface area contributed by atoms with E-state index in [0.717, 1.165) is 16.5 Å². The van der Waals surface area contributed by atoms with Crippen molar-refractivity contribution in [1.29, 1.82) is 0 Å². The first-order chi connectivity index (χ1) is 15.3. The zero-order valence-corrected chi connectivity index (χ0v) is 19.1. The second-order valence-corrected chi connectivity index (χ2v) is 10.2. The molecule has 2 heterocycles. The van der Waals surface area contributed by atoms with E-state index in [1.807, 2.05) is 24.3 Å². The summed E-state index contributed by atoms with van der Waals surface area (Å²) in [5, 5.41) is 6.26. The van der Waals surface area contributed by atoms with Crippen LogP contribution in [-0.2, 0) is 14.8 Å². The van der Waals surface area contributed by atoms with Crippen molar-refractivity contribution in [3.8, 4) is 0 Å². The quantitative estimate of drug-likeness (QED) is 0.491. The summed E-state index contributed by atoms with van der Waals surface area (Å²) in [5.41, 5.74) is 0.292. The monoisotopic (exact) mass is 490 g/mol. The van der Waals surface area contributed by atoms with Gasteiger partial charge in [-0.15, -0.1) is 11.3 Å². The second kappa shape index (κ2) is 9.27. The van der Waals surface area contributed by atoms with Crippen LogP contribution in [0.1, 0.15) is 22.5 Å². The largest absolute Gasteiger partial charge is 0.342 e. The lowest BCUT2D eigenvalue weighted by molar-refractivity contribution is -0.115. The Morgan fingerprint density at radius 2 is 1.94 bits per heavy atom. The van der Waals surface area contributed by atoms with E-state index < -0.39 is 21.8 Å². The lowest BCUT2D eigenvalue weighted by Crippen LogP contribution is -2.32. The molecule has 2 aromatic carbocycles. The van der Waals surface area contributed by atoms with Gasteiger partial charge >= 0.3 is 0 Å². The molecule has 1 aliphatic rings. The van der Waals surface area contributed by atoms with Crippen LogP contribution in [0, 0.1) is 0 Å². The Labute approximate surface area is 193 Å². The molecule has 1 aliphatic heterocycles. The number of halogens is 1. The topological polar surface area (TPSA) is 117 Å². The molecular formula is C21H19ClN4O4S2. The molecule has 3 aromatic rings. The molecule has 0 saturated carbocycles. The number of sulfonamides is 1. The molecule has 1 aromatic heterocycles. The number of nitrogens with one attached hydrogen (secondary N) is 3. The van der Waals surface area contributed by atoms with Gasteiger partial charge < -0.3 is 10.6 Å². The summed E-state index contributed by atoms with van der Waals surface area (Å²) in [6.45, 7) is 0.307. The summed E-state index contributed by atoms with van der Waals surface area (Å²) in [5.74, 6) is -0.524. The van der Waals surface area contributed by atoms with E-state index in [4.69, 9.17) is 11.6 Å². The van der Waals surface area contributed by atoms with Crippen molar-refractivity contribution in [2.45, 2.75) is 17.7 Å². The number of aliphatic imine (C=N–C) groups is 1. The molecular weight excluding hydrogens is 472 g/mol. The zero-order valence-electron chi connectivity index (χ0n) is 16.7. The fraction of sp³-hybridized carbons (Fsp3) is 0.190. The van der Waals surface area contributed by atoms with Gasteiger partial charge in [-0.05, 0) is 30.7 Å². The highest BCUT2D eigenvalue weighted by Gasteiger charge is 2.20. The lowest BCUT2D eigenvalue weighted by atomic mass is 10.2. The number of hydrogen-bond donors (Lipinski definition) is 3. The predicted octanol–water partition coefficient (Wildman–Crippen LogP) is 3.39. The molecule has 0 aliphatic carbocycles. The molecule has 0 spiro atoms. The number of amidine groups is 1. The van der Waals surface area contributed by atoms with Gasteiger partial charge in [-0.3, -0.25) is 19.3 Å². The van der Waals surface area contributed by atoms with E-state index in [1.54, 1.807) is 6.07 Å². The Kier molecular flexibility index (Phi) is 6.45. The van der Waals surface area contributed by atoms with Gasteiger partial charge in [0.2, 0.25) is 5.91 Å². The van der Waals surface area contributed by atoms with Crippen molar-refractivity contribution in [2.24, 2.45) is 4.99 Å². The molecule has 0 atom stereocenters. The average molecular weight is 491 g/mol. The highest BCUT2D eigenvalue weighted by atomic mass is 35.5. The number of nitrogens with zero attached hydrogens (tertiary/aromatic N) is 1. The minimum atomic E-state index is -3.80.